The number of esters is 1. The van der Waals surface area contributed by atoms with E-state index in [4.69, 9.17) is 9.47 Å². The predicted molar refractivity (Wildman–Crippen MR) is 75.2 cm³/mol. The zero-order valence-electron chi connectivity index (χ0n) is 11.2. The fourth-order valence-electron chi connectivity index (χ4n) is 2.22. The number of carbonyl (C=O) groups excluding carboxylic acids is 2. The lowest BCUT2D eigenvalue weighted by Crippen LogP contribution is -2.49. The van der Waals surface area contributed by atoms with Crippen molar-refractivity contribution in [2.75, 3.05) is 19.8 Å². The molecule has 2 heterocycles. The highest BCUT2D eigenvalue weighted by atomic mass is 79.9. The van der Waals surface area contributed by atoms with Crippen LogP contribution in [0.15, 0.2) is 22.8 Å². The Morgan fingerprint density at radius 2 is 2.35 bits per heavy atom. The zero-order chi connectivity index (χ0) is 14.6. The largest absolute Gasteiger partial charge is 0.465 e. The first kappa shape index (κ1) is 15.1. The number of ether oxygens (including phenoxy) is 2. The van der Waals surface area contributed by atoms with Crippen molar-refractivity contribution in [1.82, 2.24) is 4.98 Å². The van der Waals surface area contributed by atoms with Gasteiger partial charge in [-0.05, 0) is 35.0 Å². The van der Waals surface area contributed by atoms with Crippen LogP contribution in [0, 0.1) is 5.41 Å². The van der Waals surface area contributed by atoms with Gasteiger partial charge in [-0.1, -0.05) is 0 Å². The van der Waals surface area contributed by atoms with Crippen LogP contribution in [-0.2, 0) is 25.5 Å². The van der Waals surface area contributed by atoms with Crippen molar-refractivity contribution >= 4 is 27.7 Å². The van der Waals surface area contributed by atoms with E-state index in [-0.39, 0.29) is 31.8 Å². The van der Waals surface area contributed by atoms with E-state index < -0.39 is 11.4 Å². The summed E-state index contributed by atoms with van der Waals surface area (Å²) in [5.74, 6) is -0.652. The van der Waals surface area contributed by atoms with Crippen LogP contribution < -0.4 is 0 Å². The number of rotatable bonds is 4. The third-order valence-electron chi connectivity index (χ3n) is 3.29. The maximum Gasteiger partial charge on any atom is 0.322 e. The predicted octanol–water partition coefficient (Wildman–Crippen LogP) is 1.93. The quantitative estimate of drug-likeness (QED) is 0.618. The Morgan fingerprint density at radius 3 is 2.95 bits per heavy atom. The number of hydrogen-bond acceptors (Lipinski definition) is 5. The summed E-state index contributed by atoms with van der Waals surface area (Å²) in [6.45, 7) is 2.37. The first-order chi connectivity index (χ1) is 9.58. The molecule has 2 rings (SSSR count). The van der Waals surface area contributed by atoms with Crippen molar-refractivity contribution in [2.24, 2.45) is 5.41 Å². The Kier molecular flexibility index (Phi) is 4.88. The van der Waals surface area contributed by atoms with Gasteiger partial charge in [0.25, 0.3) is 0 Å². The maximum atomic E-state index is 12.3. The van der Waals surface area contributed by atoms with E-state index in [1.54, 1.807) is 19.2 Å². The molecule has 0 N–H and O–H groups in total. The standard InChI is InChI=1S/C14H16BrNO4/c1-2-20-13(18)14(9-19-6-5-12(14)17)7-11-4-3-10(15)8-16-11/h3-4,8H,2,5-7,9H2,1H3. The summed E-state index contributed by atoms with van der Waals surface area (Å²) in [7, 11) is 0. The second-order valence-corrected chi connectivity index (χ2v) is 5.59. The number of nitrogens with zero attached hydrogens (tertiary/aromatic N) is 1. The van der Waals surface area contributed by atoms with Crippen molar-refractivity contribution in [3.63, 3.8) is 0 Å². The first-order valence-corrected chi connectivity index (χ1v) is 7.26. The SMILES string of the molecule is CCOC(=O)C1(Cc2ccc(Br)cn2)COCCC1=O. The van der Waals surface area contributed by atoms with Crippen molar-refractivity contribution < 1.29 is 19.1 Å². The average molecular weight is 342 g/mol. The van der Waals surface area contributed by atoms with Crippen molar-refractivity contribution in [3.8, 4) is 0 Å². The van der Waals surface area contributed by atoms with Crippen LogP contribution in [0.5, 0.6) is 0 Å². The average Bonchev–Trinajstić information content (AvgIpc) is 2.44. The van der Waals surface area contributed by atoms with E-state index in [9.17, 15) is 9.59 Å². The molecule has 1 aliphatic rings. The van der Waals surface area contributed by atoms with Gasteiger partial charge in [0.1, 0.15) is 0 Å². The number of pyridine rings is 1. The molecule has 0 saturated carbocycles. The summed E-state index contributed by atoms with van der Waals surface area (Å²) in [6, 6.07) is 3.61. The van der Waals surface area contributed by atoms with Crippen LogP contribution in [0.1, 0.15) is 19.0 Å². The lowest BCUT2D eigenvalue weighted by molar-refractivity contribution is -0.169. The number of ketones is 1. The molecule has 0 amide bonds. The molecule has 0 bridgehead atoms. The molecule has 108 valence electrons. The molecule has 0 spiro atoms. The Balaban J connectivity index is 2.28. The molecule has 1 fully saturated rings. The Labute approximate surface area is 125 Å². The lowest BCUT2D eigenvalue weighted by atomic mass is 9.77. The van der Waals surface area contributed by atoms with Crippen molar-refractivity contribution in [2.45, 2.75) is 19.8 Å². The van der Waals surface area contributed by atoms with Crippen LogP contribution in [0.4, 0.5) is 0 Å². The molecule has 0 aliphatic carbocycles. The van der Waals surface area contributed by atoms with E-state index in [2.05, 4.69) is 20.9 Å². The van der Waals surface area contributed by atoms with E-state index in [0.717, 1.165) is 4.47 Å². The van der Waals surface area contributed by atoms with Crippen LogP contribution in [0.2, 0.25) is 0 Å². The summed E-state index contributed by atoms with van der Waals surface area (Å²) in [5, 5.41) is 0. The summed E-state index contributed by atoms with van der Waals surface area (Å²) in [6.07, 6.45) is 2.08. The maximum absolute atomic E-state index is 12.3. The molecule has 1 aromatic heterocycles. The monoisotopic (exact) mass is 341 g/mol. The number of halogens is 1. The van der Waals surface area contributed by atoms with E-state index in [1.807, 2.05) is 6.07 Å². The molecule has 6 heteroatoms. The minimum absolute atomic E-state index is 0.0579. The van der Waals surface area contributed by atoms with Gasteiger partial charge in [0, 0.05) is 29.2 Å². The van der Waals surface area contributed by atoms with E-state index in [0.29, 0.717) is 12.3 Å². The molecular formula is C14H16BrNO4. The van der Waals surface area contributed by atoms with E-state index in [1.165, 1.54) is 0 Å². The summed E-state index contributed by atoms with van der Waals surface area (Å²) in [5.41, 5.74) is -0.588. The summed E-state index contributed by atoms with van der Waals surface area (Å²) < 4.78 is 11.3. The molecule has 1 atom stereocenters. The van der Waals surface area contributed by atoms with Gasteiger partial charge in [0.2, 0.25) is 0 Å². The fraction of sp³-hybridized carbons (Fsp3) is 0.500. The van der Waals surface area contributed by atoms with Crippen LogP contribution in [-0.4, -0.2) is 36.6 Å². The summed E-state index contributed by atoms with van der Waals surface area (Å²) in [4.78, 5) is 28.8. The highest BCUT2D eigenvalue weighted by Gasteiger charge is 2.49. The minimum atomic E-state index is -1.25. The highest BCUT2D eigenvalue weighted by molar-refractivity contribution is 9.10. The molecule has 1 unspecified atom stereocenters. The summed E-state index contributed by atoms with van der Waals surface area (Å²) >= 11 is 3.30. The van der Waals surface area contributed by atoms with Gasteiger partial charge in [-0.25, -0.2) is 0 Å². The topological polar surface area (TPSA) is 65.5 Å². The highest BCUT2D eigenvalue weighted by Crippen LogP contribution is 2.31. The zero-order valence-corrected chi connectivity index (χ0v) is 12.8. The third kappa shape index (κ3) is 3.07. The lowest BCUT2D eigenvalue weighted by Gasteiger charge is -2.32. The second-order valence-electron chi connectivity index (χ2n) is 4.67. The van der Waals surface area contributed by atoms with Crippen LogP contribution >= 0.6 is 15.9 Å². The molecule has 5 nitrogen and oxygen atoms in total. The first-order valence-electron chi connectivity index (χ1n) is 6.47. The smallest absolute Gasteiger partial charge is 0.322 e. The molecule has 20 heavy (non-hydrogen) atoms. The Hall–Kier alpha value is -1.27. The van der Waals surface area contributed by atoms with E-state index >= 15 is 0 Å². The molecule has 1 saturated heterocycles. The molecule has 0 radical (unpaired) electrons. The molecule has 1 aromatic rings. The molecule has 0 aromatic carbocycles. The Morgan fingerprint density at radius 1 is 1.55 bits per heavy atom. The molecular weight excluding hydrogens is 326 g/mol. The fourth-order valence-corrected chi connectivity index (χ4v) is 2.45. The number of hydrogen-bond donors (Lipinski definition) is 0. The Bertz CT molecular complexity index is 502. The van der Waals surface area contributed by atoms with Crippen molar-refractivity contribution in [1.29, 1.82) is 0 Å². The van der Waals surface area contributed by atoms with Gasteiger partial charge in [0.15, 0.2) is 11.2 Å². The van der Waals surface area contributed by atoms with Crippen molar-refractivity contribution in [3.05, 3.63) is 28.5 Å². The van der Waals surface area contributed by atoms with Gasteiger partial charge in [-0.2, -0.15) is 0 Å². The third-order valence-corrected chi connectivity index (χ3v) is 3.76. The minimum Gasteiger partial charge on any atom is -0.465 e. The number of aromatic nitrogens is 1. The van der Waals surface area contributed by atoms with Gasteiger partial charge >= 0.3 is 5.97 Å². The van der Waals surface area contributed by atoms with Crippen LogP contribution in [0.3, 0.4) is 0 Å². The number of carbonyl (C=O) groups is 2. The van der Waals surface area contributed by atoms with Gasteiger partial charge in [-0.3, -0.25) is 14.6 Å². The normalized spacial score (nSPS) is 22.6. The van der Waals surface area contributed by atoms with Gasteiger partial charge in [-0.15, -0.1) is 0 Å². The number of Topliss-reactive ketones (excluding diaryl/α,β-unsaturated/α-hetero) is 1. The van der Waals surface area contributed by atoms with Gasteiger partial charge < -0.3 is 9.47 Å². The van der Waals surface area contributed by atoms with Crippen LogP contribution in [0.25, 0.3) is 0 Å². The molecule has 1 aliphatic heterocycles. The van der Waals surface area contributed by atoms with Gasteiger partial charge in [0.05, 0.1) is 19.8 Å². The second kappa shape index (κ2) is 6.45.